The summed E-state index contributed by atoms with van der Waals surface area (Å²) in [6.07, 6.45) is 7.34. The lowest BCUT2D eigenvalue weighted by atomic mass is 10.0. The Morgan fingerprint density at radius 2 is 1.85 bits per heavy atom. The van der Waals surface area contributed by atoms with Gasteiger partial charge in [-0.15, -0.1) is 0 Å². The molecule has 4 rings (SSSR count). The van der Waals surface area contributed by atoms with Gasteiger partial charge in [0.1, 0.15) is 0 Å². The molecule has 3 heterocycles. The smallest absolute Gasteiger partial charge is 0.162 e. The van der Waals surface area contributed by atoms with Crippen molar-refractivity contribution in [2.24, 2.45) is 0 Å². The van der Waals surface area contributed by atoms with Crippen LogP contribution in [0.25, 0.3) is 27.7 Å². The van der Waals surface area contributed by atoms with E-state index in [1.54, 1.807) is 10.7 Å². The number of rotatable bonds is 1. The first-order valence-electron chi connectivity index (χ1n) is 6.16. The lowest BCUT2D eigenvalue weighted by Gasteiger charge is -2.04. The van der Waals surface area contributed by atoms with Gasteiger partial charge in [-0.25, -0.2) is 9.50 Å². The molecule has 0 bridgehead atoms. The zero-order valence-electron chi connectivity index (χ0n) is 10.4. The highest BCUT2D eigenvalue weighted by atomic mass is 79.9. The van der Waals surface area contributed by atoms with Crippen LogP contribution in [0, 0.1) is 0 Å². The summed E-state index contributed by atoms with van der Waals surface area (Å²) in [5.74, 6) is 0. The largest absolute Gasteiger partial charge is 0.256 e. The van der Waals surface area contributed by atoms with Crippen LogP contribution in [0.4, 0.5) is 0 Å². The van der Waals surface area contributed by atoms with E-state index >= 15 is 0 Å². The highest BCUT2D eigenvalue weighted by molar-refractivity contribution is 9.10. The van der Waals surface area contributed by atoms with E-state index in [0.29, 0.717) is 0 Å². The van der Waals surface area contributed by atoms with E-state index in [-0.39, 0.29) is 0 Å². The summed E-state index contributed by atoms with van der Waals surface area (Å²) in [5.41, 5.74) is 3.92. The fourth-order valence-corrected chi connectivity index (χ4v) is 2.67. The van der Waals surface area contributed by atoms with Gasteiger partial charge in [0.25, 0.3) is 0 Å². The fourth-order valence-electron chi connectivity index (χ4n) is 2.37. The number of hydrogen-bond acceptors (Lipinski definition) is 3. The Morgan fingerprint density at radius 3 is 2.80 bits per heavy atom. The molecular formula is C15H9BrN4. The van der Waals surface area contributed by atoms with E-state index in [2.05, 4.69) is 37.1 Å². The molecule has 0 saturated heterocycles. The van der Waals surface area contributed by atoms with Crippen molar-refractivity contribution in [1.29, 1.82) is 0 Å². The van der Waals surface area contributed by atoms with Crippen molar-refractivity contribution < 1.29 is 0 Å². The molecule has 0 fully saturated rings. The molecule has 0 aliphatic heterocycles. The minimum Gasteiger partial charge on any atom is -0.256 e. The summed E-state index contributed by atoms with van der Waals surface area (Å²) >= 11 is 3.40. The van der Waals surface area contributed by atoms with E-state index in [0.717, 1.165) is 32.1 Å². The van der Waals surface area contributed by atoms with Crippen LogP contribution in [0.3, 0.4) is 0 Å². The normalized spacial score (nSPS) is 11.2. The van der Waals surface area contributed by atoms with Crippen molar-refractivity contribution >= 4 is 32.5 Å². The summed E-state index contributed by atoms with van der Waals surface area (Å²) in [7, 11) is 0. The summed E-state index contributed by atoms with van der Waals surface area (Å²) < 4.78 is 2.67. The molecule has 0 radical (unpaired) electrons. The zero-order chi connectivity index (χ0) is 13.5. The third-order valence-corrected chi connectivity index (χ3v) is 3.67. The number of para-hydroxylation sites is 1. The highest BCUT2D eigenvalue weighted by Gasteiger charge is 2.11. The van der Waals surface area contributed by atoms with E-state index in [9.17, 15) is 0 Å². The van der Waals surface area contributed by atoms with Gasteiger partial charge >= 0.3 is 0 Å². The second kappa shape index (κ2) is 4.38. The van der Waals surface area contributed by atoms with E-state index in [4.69, 9.17) is 0 Å². The van der Waals surface area contributed by atoms with Crippen molar-refractivity contribution in [1.82, 2.24) is 19.6 Å². The van der Waals surface area contributed by atoms with Crippen molar-refractivity contribution in [2.45, 2.75) is 0 Å². The van der Waals surface area contributed by atoms with Crippen molar-refractivity contribution in [3.63, 3.8) is 0 Å². The molecule has 0 atom stereocenters. The first kappa shape index (κ1) is 11.5. The first-order chi connectivity index (χ1) is 9.83. The van der Waals surface area contributed by atoms with Gasteiger partial charge in [-0.2, -0.15) is 5.10 Å². The minimum atomic E-state index is 0.838. The van der Waals surface area contributed by atoms with Crippen molar-refractivity contribution in [3.8, 4) is 11.1 Å². The van der Waals surface area contributed by atoms with E-state index in [1.807, 2.05) is 42.9 Å². The molecular weight excluding hydrogens is 316 g/mol. The molecule has 0 saturated carbocycles. The lowest BCUT2D eigenvalue weighted by Crippen LogP contribution is -1.90. The Balaban J connectivity index is 2.06. The van der Waals surface area contributed by atoms with Crippen LogP contribution in [0.1, 0.15) is 0 Å². The van der Waals surface area contributed by atoms with Crippen LogP contribution < -0.4 is 0 Å². The standard InChI is InChI=1S/C15H9BrN4/c16-10-7-18-15-13(8-19-20(15)9-10)11-5-6-17-14-4-2-1-3-12(11)14/h1-9H. The minimum absolute atomic E-state index is 0.838. The van der Waals surface area contributed by atoms with Gasteiger partial charge in [0.15, 0.2) is 5.65 Å². The molecule has 5 heteroatoms. The number of hydrogen-bond donors (Lipinski definition) is 0. The molecule has 0 amide bonds. The highest BCUT2D eigenvalue weighted by Crippen LogP contribution is 2.29. The van der Waals surface area contributed by atoms with E-state index < -0.39 is 0 Å². The van der Waals surface area contributed by atoms with Gasteiger partial charge in [-0.3, -0.25) is 4.98 Å². The molecule has 0 aliphatic carbocycles. The van der Waals surface area contributed by atoms with Crippen LogP contribution >= 0.6 is 15.9 Å². The fraction of sp³-hybridized carbons (Fsp3) is 0. The Labute approximate surface area is 123 Å². The third kappa shape index (κ3) is 1.71. The van der Waals surface area contributed by atoms with Crippen LogP contribution in [0.5, 0.6) is 0 Å². The molecule has 0 spiro atoms. The summed E-state index contributed by atoms with van der Waals surface area (Å²) in [4.78, 5) is 8.85. The topological polar surface area (TPSA) is 43.1 Å². The number of halogens is 1. The van der Waals surface area contributed by atoms with Gasteiger partial charge in [0.05, 0.1) is 16.2 Å². The summed E-state index contributed by atoms with van der Waals surface area (Å²) in [6, 6.07) is 10.1. The van der Waals surface area contributed by atoms with Crippen molar-refractivity contribution in [2.75, 3.05) is 0 Å². The van der Waals surface area contributed by atoms with Crippen LogP contribution in [-0.2, 0) is 0 Å². The molecule has 0 unspecified atom stereocenters. The van der Waals surface area contributed by atoms with E-state index in [1.165, 1.54) is 0 Å². The molecule has 96 valence electrons. The molecule has 3 aromatic heterocycles. The van der Waals surface area contributed by atoms with Gasteiger partial charge in [-0.1, -0.05) is 18.2 Å². The molecule has 4 aromatic rings. The average Bonchev–Trinajstić information content (AvgIpc) is 2.89. The average molecular weight is 325 g/mol. The Bertz CT molecular complexity index is 924. The van der Waals surface area contributed by atoms with Gasteiger partial charge < -0.3 is 0 Å². The predicted octanol–water partition coefficient (Wildman–Crippen LogP) is 3.71. The molecule has 1 aromatic carbocycles. The predicted molar refractivity (Wildman–Crippen MR) is 81.4 cm³/mol. The van der Waals surface area contributed by atoms with Gasteiger partial charge in [0, 0.05) is 29.5 Å². The molecule has 20 heavy (non-hydrogen) atoms. The maximum atomic E-state index is 4.46. The first-order valence-corrected chi connectivity index (χ1v) is 6.95. The Kier molecular flexibility index (Phi) is 2.53. The lowest BCUT2D eigenvalue weighted by molar-refractivity contribution is 0.933. The number of fused-ring (bicyclic) bond motifs is 2. The maximum absolute atomic E-state index is 4.46. The molecule has 4 nitrogen and oxygen atoms in total. The van der Waals surface area contributed by atoms with Crippen molar-refractivity contribution in [3.05, 3.63) is 59.6 Å². The summed E-state index contributed by atoms with van der Waals surface area (Å²) in [6.45, 7) is 0. The number of benzene rings is 1. The van der Waals surface area contributed by atoms with Crippen LogP contribution in [0.2, 0.25) is 0 Å². The zero-order valence-corrected chi connectivity index (χ0v) is 11.9. The third-order valence-electron chi connectivity index (χ3n) is 3.26. The number of pyridine rings is 1. The van der Waals surface area contributed by atoms with Crippen LogP contribution in [0.15, 0.2) is 59.6 Å². The SMILES string of the molecule is Brc1cnc2c(-c3ccnc4ccccc34)cnn2c1. The second-order valence-corrected chi connectivity index (χ2v) is 5.39. The van der Waals surface area contributed by atoms with Gasteiger partial charge in [0.2, 0.25) is 0 Å². The monoisotopic (exact) mass is 324 g/mol. The van der Waals surface area contributed by atoms with Crippen LogP contribution in [-0.4, -0.2) is 19.6 Å². The second-order valence-electron chi connectivity index (χ2n) is 4.47. The quantitative estimate of drug-likeness (QED) is 0.536. The maximum Gasteiger partial charge on any atom is 0.162 e. The van der Waals surface area contributed by atoms with Gasteiger partial charge in [-0.05, 0) is 33.6 Å². The summed E-state index contributed by atoms with van der Waals surface area (Å²) in [5, 5.41) is 5.47. The Morgan fingerprint density at radius 1 is 0.950 bits per heavy atom. The number of aromatic nitrogens is 4. The Hall–Kier alpha value is -2.27. The molecule has 0 aliphatic rings. The molecule has 0 N–H and O–H groups in total. The number of nitrogens with zero attached hydrogens (tertiary/aromatic N) is 4.